The van der Waals surface area contributed by atoms with E-state index < -0.39 is 0 Å². The van der Waals surface area contributed by atoms with Gasteiger partial charge in [0.15, 0.2) is 5.76 Å². The molecule has 0 N–H and O–H groups in total. The molecule has 4 rings (SSSR count). The van der Waals surface area contributed by atoms with Crippen LogP contribution in [-0.2, 0) is 6.54 Å². The molecule has 0 saturated carbocycles. The molecule has 1 amide bonds. The highest BCUT2D eigenvalue weighted by atomic mass is 16.3. The average molecular weight is 351 g/mol. The molecule has 1 aliphatic heterocycles. The topological polar surface area (TPSA) is 51.3 Å². The molecular formula is C21H25N3O2. The van der Waals surface area contributed by atoms with Gasteiger partial charge in [-0.1, -0.05) is 12.1 Å². The van der Waals surface area contributed by atoms with Crippen molar-refractivity contribution in [2.24, 2.45) is 0 Å². The van der Waals surface area contributed by atoms with Crippen molar-refractivity contribution in [3.8, 4) is 0 Å². The van der Waals surface area contributed by atoms with Gasteiger partial charge in [-0.2, -0.15) is 5.10 Å². The van der Waals surface area contributed by atoms with Crippen LogP contribution in [0.3, 0.4) is 0 Å². The number of furan rings is 1. The van der Waals surface area contributed by atoms with Crippen molar-refractivity contribution in [3.05, 3.63) is 53.5 Å². The molecule has 0 unspecified atom stereocenters. The molecule has 1 atom stereocenters. The van der Waals surface area contributed by atoms with Gasteiger partial charge in [0.2, 0.25) is 0 Å². The molecule has 1 aromatic carbocycles. The molecule has 26 heavy (non-hydrogen) atoms. The Kier molecular flexibility index (Phi) is 4.53. The molecule has 1 saturated heterocycles. The van der Waals surface area contributed by atoms with Crippen LogP contribution in [0.1, 0.15) is 47.4 Å². The molecule has 0 aliphatic carbocycles. The Hall–Kier alpha value is -2.56. The van der Waals surface area contributed by atoms with Crippen LogP contribution in [0.5, 0.6) is 0 Å². The third-order valence-corrected chi connectivity index (χ3v) is 5.43. The summed E-state index contributed by atoms with van der Waals surface area (Å²) in [5.74, 6) is 0.526. The van der Waals surface area contributed by atoms with Gasteiger partial charge in [-0.25, -0.2) is 0 Å². The number of hydrogen-bond acceptors (Lipinski definition) is 3. The molecule has 0 radical (unpaired) electrons. The lowest BCUT2D eigenvalue weighted by Gasteiger charge is -2.35. The fourth-order valence-corrected chi connectivity index (χ4v) is 3.95. The number of benzene rings is 1. The van der Waals surface area contributed by atoms with Crippen LogP contribution in [0.4, 0.5) is 0 Å². The molecular weight excluding hydrogens is 326 g/mol. The smallest absolute Gasteiger partial charge is 0.290 e. The Labute approximate surface area is 153 Å². The van der Waals surface area contributed by atoms with Gasteiger partial charge in [-0.15, -0.1) is 0 Å². The van der Waals surface area contributed by atoms with Crippen LogP contribution in [0.15, 0.2) is 41.1 Å². The van der Waals surface area contributed by atoms with E-state index in [2.05, 4.69) is 11.2 Å². The second-order valence-electron chi connectivity index (χ2n) is 7.26. The fourth-order valence-electron chi connectivity index (χ4n) is 3.95. The van der Waals surface area contributed by atoms with E-state index in [-0.39, 0.29) is 11.9 Å². The number of rotatable bonds is 4. The highest BCUT2D eigenvalue weighted by molar-refractivity contribution is 5.99. The lowest BCUT2D eigenvalue weighted by Crippen LogP contribution is -2.44. The number of nitrogens with zero attached hydrogens (tertiary/aromatic N) is 3. The molecule has 136 valence electrons. The number of aryl methyl sites for hydroxylation is 3. The molecule has 0 spiro atoms. The van der Waals surface area contributed by atoms with E-state index in [4.69, 9.17) is 4.42 Å². The Balaban J connectivity index is 1.57. The van der Waals surface area contributed by atoms with E-state index in [0.29, 0.717) is 5.76 Å². The highest BCUT2D eigenvalue weighted by Gasteiger charge is 2.30. The van der Waals surface area contributed by atoms with Crippen LogP contribution in [0.2, 0.25) is 0 Å². The summed E-state index contributed by atoms with van der Waals surface area (Å²) in [6.45, 7) is 5.66. The summed E-state index contributed by atoms with van der Waals surface area (Å²) < 4.78 is 7.92. The van der Waals surface area contributed by atoms with Crippen LogP contribution in [-0.4, -0.2) is 33.2 Å². The van der Waals surface area contributed by atoms with Gasteiger partial charge in [0.1, 0.15) is 5.58 Å². The molecule has 3 aromatic rings. The second kappa shape index (κ2) is 6.98. The zero-order chi connectivity index (χ0) is 18.1. The maximum absolute atomic E-state index is 13.3. The van der Waals surface area contributed by atoms with Crippen molar-refractivity contribution in [2.45, 2.75) is 52.1 Å². The minimum Gasteiger partial charge on any atom is -0.451 e. The van der Waals surface area contributed by atoms with Gasteiger partial charge in [-0.05, 0) is 57.2 Å². The Morgan fingerprint density at radius 2 is 2.19 bits per heavy atom. The van der Waals surface area contributed by atoms with Crippen molar-refractivity contribution in [2.75, 3.05) is 6.54 Å². The quantitative estimate of drug-likeness (QED) is 0.703. The largest absolute Gasteiger partial charge is 0.451 e. The van der Waals surface area contributed by atoms with Crippen LogP contribution in [0, 0.1) is 13.8 Å². The van der Waals surface area contributed by atoms with Gasteiger partial charge in [-0.3, -0.25) is 9.48 Å². The molecule has 0 bridgehead atoms. The van der Waals surface area contributed by atoms with Gasteiger partial charge >= 0.3 is 0 Å². The molecule has 2 aromatic heterocycles. The zero-order valence-electron chi connectivity index (χ0n) is 15.4. The van der Waals surface area contributed by atoms with Crippen molar-refractivity contribution in [1.29, 1.82) is 0 Å². The number of piperidine rings is 1. The van der Waals surface area contributed by atoms with E-state index >= 15 is 0 Å². The SMILES string of the molecule is Cc1ccc2c(C)c(C(=O)N3CCCC[C@H]3CCn3cccn3)oc2c1. The minimum absolute atomic E-state index is 0.0292. The van der Waals surface area contributed by atoms with Crippen LogP contribution >= 0.6 is 0 Å². The molecule has 1 aliphatic rings. The summed E-state index contributed by atoms with van der Waals surface area (Å²) in [5, 5.41) is 5.31. The summed E-state index contributed by atoms with van der Waals surface area (Å²) >= 11 is 0. The van der Waals surface area contributed by atoms with E-state index in [1.54, 1.807) is 6.20 Å². The van der Waals surface area contributed by atoms with Crippen LogP contribution in [0.25, 0.3) is 11.0 Å². The summed E-state index contributed by atoms with van der Waals surface area (Å²) in [4.78, 5) is 15.3. The minimum atomic E-state index is 0.0292. The first-order valence-electron chi connectivity index (χ1n) is 9.41. The van der Waals surface area contributed by atoms with E-state index in [1.165, 1.54) is 6.42 Å². The summed E-state index contributed by atoms with van der Waals surface area (Å²) in [6.07, 6.45) is 7.97. The number of fused-ring (bicyclic) bond motifs is 1. The maximum atomic E-state index is 13.3. The number of carbonyl (C=O) groups is 1. The van der Waals surface area contributed by atoms with Gasteiger partial charge in [0.05, 0.1) is 0 Å². The van der Waals surface area contributed by atoms with Crippen LogP contribution < -0.4 is 0 Å². The Morgan fingerprint density at radius 1 is 1.31 bits per heavy atom. The van der Waals surface area contributed by atoms with Crippen molar-refractivity contribution in [3.63, 3.8) is 0 Å². The standard InChI is InChI=1S/C21H25N3O2/c1-15-7-8-18-16(2)20(26-19(18)14-15)21(25)24-12-4-3-6-17(24)9-13-23-11-5-10-22-23/h5,7-8,10-11,14,17H,3-4,6,9,12-13H2,1-2H3/t17-/m0/s1. The predicted molar refractivity (Wildman–Crippen MR) is 101 cm³/mol. The first-order chi connectivity index (χ1) is 12.6. The number of carbonyl (C=O) groups excluding carboxylic acids is 1. The number of likely N-dealkylation sites (tertiary alicyclic amines) is 1. The fraction of sp³-hybridized carbons (Fsp3) is 0.429. The monoisotopic (exact) mass is 351 g/mol. The van der Waals surface area contributed by atoms with E-state index in [9.17, 15) is 4.79 Å². The van der Waals surface area contributed by atoms with Gasteiger partial charge in [0, 0.05) is 42.5 Å². The average Bonchev–Trinajstić information content (AvgIpc) is 3.27. The molecule has 1 fully saturated rings. The first kappa shape index (κ1) is 16.9. The normalized spacial score (nSPS) is 17.8. The number of amides is 1. The lowest BCUT2D eigenvalue weighted by molar-refractivity contribution is 0.0563. The molecule has 5 nitrogen and oxygen atoms in total. The van der Waals surface area contributed by atoms with E-state index in [1.807, 2.05) is 47.8 Å². The van der Waals surface area contributed by atoms with Gasteiger partial charge in [0.25, 0.3) is 5.91 Å². The summed E-state index contributed by atoms with van der Waals surface area (Å²) in [7, 11) is 0. The third-order valence-electron chi connectivity index (χ3n) is 5.43. The molecule has 5 heteroatoms. The number of hydrogen-bond donors (Lipinski definition) is 0. The zero-order valence-corrected chi connectivity index (χ0v) is 15.4. The third kappa shape index (κ3) is 3.14. The van der Waals surface area contributed by atoms with E-state index in [0.717, 1.165) is 54.4 Å². The molecule has 3 heterocycles. The van der Waals surface area contributed by atoms with Crippen molar-refractivity contribution < 1.29 is 9.21 Å². The highest BCUT2D eigenvalue weighted by Crippen LogP contribution is 2.29. The Bertz CT molecular complexity index is 911. The summed E-state index contributed by atoms with van der Waals surface area (Å²) in [6, 6.07) is 8.29. The van der Waals surface area contributed by atoms with Crippen molar-refractivity contribution in [1.82, 2.24) is 14.7 Å². The first-order valence-corrected chi connectivity index (χ1v) is 9.41. The van der Waals surface area contributed by atoms with Crippen molar-refractivity contribution >= 4 is 16.9 Å². The Morgan fingerprint density at radius 3 is 3.00 bits per heavy atom. The predicted octanol–water partition coefficient (Wildman–Crippen LogP) is 4.33. The second-order valence-corrected chi connectivity index (χ2v) is 7.26. The summed E-state index contributed by atoms with van der Waals surface area (Å²) in [5.41, 5.74) is 2.89. The van der Waals surface area contributed by atoms with Gasteiger partial charge < -0.3 is 9.32 Å². The maximum Gasteiger partial charge on any atom is 0.290 e. The number of aromatic nitrogens is 2. The lowest BCUT2D eigenvalue weighted by atomic mass is 9.98.